The third kappa shape index (κ3) is 4.59. The molecule has 0 unspecified atom stereocenters. The molecule has 0 aliphatic carbocycles. The summed E-state index contributed by atoms with van der Waals surface area (Å²) in [6.45, 7) is -2.27. The predicted molar refractivity (Wildman–Crippen MR) is 142 cm³/mol. The maximum atomic E-state index is 7.55. The van der Waals surface area contributed by atoms with Gasteiger partial charge < -0.3 is 14.4 Å². The third-order valence-electron chi connectivity index (χ3n) is 5.55. The summed E-state index contributed by atoms with van der Waals surface area (Å²) in [6.07, 6.45) is 3.56. The molecular formula is C30H19IrN3OS-2. The molecule has 0 bridgehead atoms. The summed E-state index contributed by atoms with van der Waals surface area (Å²) in [6, 6.07) is 31.1. The van der Waals surface area contributed by atoms with Gasteiger partial charge in [-0.15, -0.1) is 54.1 Å². The van der Waals surface area contributed by atoms with Gasteiger partial charge in [0.2, 0.25) is 5.71 Å². The minimum atomic E-state index is -2.27. The van der Waals surface area contributed by atoms with Gasteiger partial charge in [-0.1, -0.05) is 23.1 Å². The summed E-state index contributed by atoms with van der Waals surface area (Å²) in [4.78, 5) is 13.0. The van der Waals surface area contributed by atoms with Gasteiger partial charge in [0.15, 0.2) is 0 Å². The van der Waals surface area contributed by atoms with Gasteiger partial charge in [0.05, 0.1) is 5.58 Å². The first kappa shape index (κ1) is 20.5. The topological polar surface area (TPSA) is 51.8 Å². The van der Waals surface area contributed by atoms with E-state index < -0.39 is 6.85 Å². The Labute approximate surface area is 230 Å². The molecule has 0 N–H and O–H groups in total. The second-order valence-electron chi connectivity index (χ2n) is 7.74. The number of benzene rings is 2. The predicted octanol–water partition coefficient (Wildman–Crippen LogP) is 7.91. The summed E-state index contributed by atoms with van der Waals surface area (Å²) in [5, 5.41) is 4.79. The number of fused-ring (bicyclic) bond motifs is 4. The number of aromatic nitrogens is 3. The summed E-state index contributed by atoms with van der Waals surface area (Å²) < 4.78 is 29.7. The third-order valence-corrected chi connectivity index (χ3v) is 6.49. The first-order valence-corrected chi connectivity index (χ1v) is 11.8. The van der Waals surface area contributed by atoms with Crippen LogP contribution in [-0.2, 0) is 20.1 Å². The van der Waals surface area contributed by atoms with Gasteiger partial charge in [-0.25, -0.2) is 4.98 Å². The van der Waals surface area contributed by atoms with Crippen molar-refractivity contribution in [3.8, 4) is 22.5 Å². The quantitative estimate of drug-likeness (QED) is 0.176. The first-order chi connectivity index (χ1) is 18.5. The summed E-state index contributed by atoms with van der Waals surface area (Å²) in [5.41, 5.74) is 4.52. The van der Waals surface area contributed by atoms with Gasteiger partial charge in [0.25, 0.3) is 0 Å². The average Bonchev–Trinajstić information content (AvgIpc) is 3.58. The van der Waals surface area contributed by atoms with E-state index in [1.54, 1.807) is 29.8 Å². The van der Waals surface area contributed by atoms with E-state index >= 15 is 0 Å². The van der Waals surface area contributed by atoms with Crippen LogP contribution in [0.5, 0.6) is 0 Å². The molecule has 7 rings (SSSR count). The van der Waals surface area contributed by atoms with Gasteiger partial charge in [0.1, 0.15) is 0 Å². The van der Waals surface area contributed by atoms with E-state index in [1.165, 1.54) is 6.07 Å². The maximum absolute atomic E-state index is 7.55. The number of hydrogen-bond donors (Lipinski definition) is 0. The van der Waals surface area contributed by atoms with Crippen molar-refractivity contribution < 1.29 is 28.6 Å². The minimum absolute atomic E-state index is 0. The maximum Gasteiger partial charge on any atom is 0.216 e. The molecule has 2 aromatic carbocycles. The molecule has 0 atom stereocenters. The fourth-order valence-electron chi connectivity index (χ4n) is 3.94. The molecule has 5 aromatic heterocycles. The molecule has 7 aromatic rings. The molecule has 1 radical (unpaired) electrons. The molecule has 36 heavy (non-hydrogen) atoms. The SMILES string of the molecule is [2H]C([2H])([2H])c1ccc2c(n1)oc1c(-c3nccc4ccsc34)[c-]ccc12.[Ir].[c-]1ccccc1-c1ccccn1. The van der Waals surface area contributed by atoms with Gasteiger partial charge in [-0.2, -0.15) is 11.3 Å². The Kier molecular flexibility index (Phi) is 5.98. The number of thiophene rings is 1. The minimum Gasteiger partial charge on any atom is -0.486 e. The second-order valence-corrected chi connectivity index (χ2v) is 8.65. The van der Waals surface area contributed by atoms with Gasteiger partial charge in [0, 0.05) is 58.1 Å². The van der Waals surface area contributed by atoms with Crippen molar-refractivity contribution in [1.82, 2.24) is 15.0 Å². The van der Waals surface area contributed by atoms with E-state index in [-0.39, 0.29) is 25.8 Å². The monoisotopic (exact) mass is 665 g/mol. The van der Waals surface area contributed by atoms with Crippen molar-refractivity contribution >= 4 is 43.5 Å². The molecule has 0 aliphatic heterocycles. The standard InChI is InChI=1S/C19H11N2OS.C11H8N.Ir/c1-11-5-6-14-13-3-2-4-15(17(13)22-19(14)21-11)16-18-12(7-9-20-16)8-10-23-18;1-2-6-10(7-3-1)11-8-4-5-9-12-11;/h2-3,5-10H,1H3;1-6,8-9H;/q2*-1;/i1D3;;. The number of aryl methyl sites for hydroxylation is 1. The van der Waals surface area contributed by atoms with Crippen LogP contribution in [0.15, 0.2) is 101 Å². The summed E-state index contributed by atoms with van der Waals surface area (Å²) in [5.74, 6) is 0. The Balaban J connectivity index is 0.000000200. The van der Waals surface area contributed by atoms with E-state index in [0.29, 0.717) is 11.3 Å². The number of furan rings is 1. The molecule has 5 heterocycles. The molecule has 4 nitrogen and oxygen atoms in total. The van der Waals surface area contributed by atoms with Crippen LogP contribution >= 0.6 is 11.3 Å². The van der Waals surface area contributed by atoms with Gasteiger partial charge in [-0.05, 0) is 53.6 Å². The van der Waals surface area contributed by atoms with Crippen LogP contribution in [0.4, 0.5) is 0 Å². The Morgan fingerprint density at radius 1 is 0.861 bits per heavy atom. The van der Waals surface area contributed by atoms with E-state index in [0.717, 1.165) is 43.4 Å². The van der Waals surface area contributed by atoms with Crippen LogP contribution in [0.1, 0.15) is 9.81 Å². The van der Waals surface area contributed by atoms with E-state index in [1.807, 2.05) is 72.1 Å². The largest absolute Gasteiger partial charge is 0.486 e. The van der Waals surface area contributed by atoms with Gasteiger partial charge in [-0.3, -0.25) is 0 Å². The number of rotatable bonds is 2. The van der Waals surface area contributed by atoms with Crippen molar-refractivity contribution in [3.05, 3.63) is 114 Å². The van der Waals surface area contributed by atoms with Crippen LogP contribution in [0.3, 0.4) is 0 Å². The van der Waals surface area contributed by atoms with Crippen molar-refractivity contribution in [2.75, 3.05) is 0 Å². The van der Waals surface area contributed by atoms with Crippen LogP contribution in [-0.4, -0.2) is 15.0 Å². The molecule has 0 amide bonds. The summed E-state index contributed by atoms with van der Waals surface area (Å²) >= 11 is 1.62. The number of hydrogen-bond acceptors (Lipinski definition) is 5. The average molecular weight is 665 g/mol. The molecule has 0 saturated heterocycles. The normalized spacial score (nSPS) is 12.3. The zero-order valence-electron chi connectivity index (χ0n) is 21.7. The summed E-state index contributed by atoms with van der Waals surface area (Å²) in [7, 11) is 0. The van der Waals surface area contributed by atoms with Crippen molar-refractivity contribution in [3.63, 3.8) is 0 Å². The van der Waals surface area contributed by atoms with Crippen molar-refractivity contribution in [1.29, 1.82) is 0 Å². The molecule has 0 fully saturated rings. The molecule has 0 spiro atoms. The molecule has 0 aliphatic rings. The molecule has 0 saturated carbocycles. The zero-order valence-corrected chi connectivity index (χ0v) is 21.9. The Morgan fingerprint density at radius 3 is 2.64 bits per heavy atom. The Morgan fingerprint density at radius 2 is 1.81 bits per heavy atom. The molecule has 177 valence electrons. The number of nitrogens with zero attached hydrogens (tertiary/aromatic N) is 3. The van der Waals surface area contributed by atoms with E-state index in [9.17, 15) is 0 Å². The molecular weight excluding hydrogens is 643 g/mol. The Hall–Kier alpha value is -3.70. The number of pyridine rings is 3. The second kappa shape index (κ2) is 10.5. The Bertz CT molecular complexity index is 1830. The zero-order chi connectivity index (χ0) is 26.1. The van der Waals surface area contributed by atoms with E-state index in [2.05, 4.69) is 27.1 Å². The first-order valence-electron chi connectivity index (χ1n) is 12.4. The van der Waals surface area contributed by atoms with Crippen LogP contribution in [0.2, 0.25) is 0 Å². The van der Waals surface area contributed by atoms with Crippen LogP contribution < -0.4 is 0 Å². The van der Waals surface area contributed by atoms with Gasteiger partial charge >= 0.3 is 0 Å². The van der Waals surface area contributed by atoms with E-state index in [4.69, 9.17) is 8.53 Å². The fraction of sp³-hybridized carbons (Fsp3) is 0.0333. The fourth-order valence-corrected chi connectivity index (χ4v) is 4.83. The van der Waals surface area contributed by atoms with Crippen LogP contribution in [0.25, 0.3) is 54.7 Å². The van der Waals surface area contributed by atoms with Crippen molar-refractivity contribution in [2.24, 2.45) is 0 Å². The van der Waals surface area contributed by atoms with Crippen molar-refractivity contribution in [2.45, 2.75) is 6.85 Å². The smallest absolute Gasteiger partial charge is 0.216 e. The molecule has 6 heteroatoms. The van der Waals surface area contributed by atoms with Crippen LogP contribution in [0, 0.1) is 19.0 Å².